The Labute approximate surface area is 82.6 Å². The van der Waals surface area contributed by atoms with Crippen molar-refractivity contribution in [2.75, 3.05) is 0 Å². The van der Waals surface area contributed by atoms with Crippen molar-refractivity contribution in [3.8, 4) is 0 Å². The summed E-state index contributed by atoms with van der Waals surface area (Å²) in [5.41, 5.74) is 0. The first-order chi connectivity index (χ1) is 7.04. The van der Waals surface area contributed by atoms with Gasteiger partial charge in [-0.3, -0.25) is 0 Å². The van der Waals surface area contributed by atoms with Crippen molar-refractivity contribution in [3.05, 3.63) is 5.82 Å². The first-order valence-electron chi connectivity index (χ1n) is 4.09. The Kier molecular flexibility index (Phi) is 2.14. The van der Waals surface area contributed by atoms with E-state index in [0.29, 0.717) is 0 Å². The highest BCUT2D eigenvalue weighted by atomic mass is 16.4. The van der Waals surface area contributed by atoms with E-state index in [2.05, 4.69) is 15.5 Å². The molecule has 15 heavy (non-hydrogen) atoms. The topological polar surface area (TPSA) is 142 Å². The lowest BCUT2D eigenvalue weighted by Gasteiger charge is -2.31. The third-order valence-electron chi connectivity index (χ3n) is 2.30. The Morgan fingerprint density at radius 2 is 1.93 bits per heavy atom. The van der Waals surface area contributed by atoms with Crippen LogP contribution in [0.4, 0.5) is 0 Å². The van der Waals surface area contributed by atoms with Crippen molar-refractivity contribution in [2.45, 2.75) is 24.4 Å². The van der Waals surface area contributed by atoms with Crippen LogP contribution in [0.3, 0.4) is 0 Å². The van der Waals surface area contributed by atoms with Crippen LogP contribution in [-0.4, -0.2) is 58.8 Å². The van der Waals surface area contributed by atoms with Crippen LogP contribution >= 0.6 is 0 Å². The van der Waals surface area contributed by atoms with Gasteiger partial charge in [-0.05, 0) is 10.4 Å². The minimum Gasteiger partial charge on any atom is -0.480 e. The number of carboxylic acids is 1. The lowest BCUT2D eigenvalue weighted by molar-refractivity contribution is -0.157. The first kappa shape index (κ1) is 9.96. The molecule has 0 fully saturated rings. The predicted molar refractivity (Wildman–Crippen MR) is 41.5 cm³/mol. The molecule has 0 unspecified atom stereocenters. The van der Waals surface area contributed by atoms with Crippen LogP contribution in [0.5, 0.6) is 0 Å². The number of carbonyl (C=O) groups is 1. The summed E-state index contributed by atoms with van der Waals surface area (Å²) in [5, 5.41) is 46.9. The van der Waals surface area contributed by atoms with Gasteiger partial charge in [0.05, 0.1) is 0 Å². The number of hydrogen-bond acceptors (Lipinski definition) is 7. The molecule has 0 aromatic carbocycles. The second kappa shape index (κ2) is 3.22. The summed E-state index contributed by atoms with van der Waals surface area (Å²) in [6, 6.07) is -1.49. The standard InChI is InChI=1S/C6H8N4O5/c11-2-1(6(14)15)10-5(7-8-9-10)4(13)3(2)12/h1-4,11-13H,(H,14,15)/t1-,2-,3-,4+/m0/s1. The molecule has 82 valence electrons. The van der Waals surface area contributed by atoms with Gasteiger partial charge < -0.3 is 20.4 Å². The number of aliphatic hydroxyl groups excluding tert-OH is 3. The molecule has 0 saturated heterocycles. The monoisotopic (exact) mass is 216 g/mol. The van der Waals surface area contributed by atoms with E-state index in [1.165, 1.54) is 0 Å². The zero-order chi connectivity index (χ0) is 11.2. The second-order valence-electron chi connectivity index (χ2n) is 3.19. The molecule has 4 N–H and O–H groups in total. The Balaban J connectivity index is 2.51. The van der Waals surface area contributed by atoms with Crippen LogP contribution in [0.25, 0.3) is 0 Å². The average Bonchev–Trinajstić information content (AvgIpc) is 2.62. The van der Waals surface area contributed by atoms with E-state index in [9.17, 15) is 20.1 Å². The third-order valence-corrected chi connectivity index (χ3v) is 2.30. The van der Waals surface area contributed by atoms with Gasteiger partial charge in [0.25, 0.3) is 0 Å². The van der Waals surface area contributed by atoms with Gasteiger partial charge in [0.15, 0.2) is 11.9 Å². The molecule has 2 rings (SSSR count). The Bertz CT molecular complexity index is 393. The van der Waals surface area contributed by atoms with Crippen LogP contribution in [-0.2, 0) is 4.79 Å². The van der Waals surface area contributed by atoms with Crippen LogP contribution < -0.4 is 0 Å². The fraction of sp³-hybridized carbons (Fsp3) is 0.667. The number of carboxylic acid groups (broad SMARTS) is 1. The number of rotatable bonds is 1. The van der Waals surface area contributed by atoms with Gasteiger partial charge in [-0.2, -0.15) is 0 Å². The summed E-state index contributed by atoms with van der Waals surface area (Å²) in [6.45, 7) is 0. The van der Waals surface area contributed by atoms with Crippen molar-refractivity contribution in [3.63, 3.8) is 0 Å². The van der Waals surface area contributed by atoms with Gasteiger partial charge in [0.2, 0.25) is 0 Å². The maximum absolute atomic E-state index is 10.8. The quantitative estimate of drug-likeness (QED) is 0.390. The highest BCUT2D eigenvalue weighted by Gasteiger charge is 2.46. The van der Waals surface area contributed by atoms with Crippen molar-refractivity contribution in [2.24, 2.45) is 0 Å². The molecule has 1 aliphatic rings. The SMILES string of the molecule is O=C(O)[C@@H]1[C@H](O)[C@H](O)[C@@H](O)c2nnnn21. The molecule has 0 spiro atoms. The van der Waals surface area contributed by atoms with Crippen LogP contribution in [0.2, 0.25) is 0 Å². The van der Waals surface area contributed by atoms with Crippen molar-refractivity contribution in [1.82, 2.24) is 20.2 Å². The molecule has 4 atom stereocenters. The second-order valence-corrected chi connectivity index (χ2v) is 3.19. The summed E-state index contributed by atoms with van der Waals surface area (Å²) in [4.78, 5) is 10.8. The van der Waals surface area contributed by atoms with E-state index < -0.39 is 30.3 Å². The molecular weight excluding hydrogens is 208 g/mol. The average molecular weight is 216 g/mol. The number of fused-ring (bicyclic) bond motifs is 1. The van der Waals surface area contributed by atoms with Gasteiger partial charge >= 0.3 is 5.97 Å². The Hall–Kier alpha value is -1.58. The summed E-state index contributed by atoms with van der Waals surface area (Å²) < 4.78 is 0.782. The van der Waals surface area contributed by atoms with Crippen LogP contribution in [0, 0.1) is 0 Å². The number of tetrazole rings is 1. The van der Waals surface area contributed by atoms with Gasteiger partial charge in [0.1, 0.15) is 18.3 Å². The number of aliphatic carboxylic acids is 1. The fourth-order valence-electron chi connectivity index (χ4n) is 1.51. The molecule has 1 aliphatic heterocycles. The highest BCUT2D eigenvalue weighted by Crippen LogP contribution is 2.29. The van der Waals surface area contributed by atoms with Crippen molar-refractivity contribution >= 4 is 5.97 Å². The van der Waals surface area contributed by atoms with Gasteiger partial charge in [0, 0.05) is 0 Å². The van der Waals surface area contributed by atoms with E-state index in [1.807, 2.05) is 0 Å². The van der Waals surface area contributed by atoms with Gasteiger partial charge in [-0.25, -0.2) is 9.48 Å². The normalized spacial score (nSPS) is 34.9. The molecule has 0 bridgehead atoms. The number of aliphatic hydroxyl groups is 3. The predicted octanol–water partition coefficient (Wildman–Crippen LogP) is -2.93. The molecule has 1 aromatic rings. The van der Waals surface area contributed by atoms with E-state index in [0.717, 1.165) is 4.68 Å². The van der Waals surface area contributed by atoms with Crippen molar-refractivity contribution in [1.29, 1.82) is 0 Å². The number of hydrogen-bond donors (Lipinski definition) is 4. The highest BCUT2D eigenvalue weighted by molar-refractivity contribution is 5.73. The molecule has 0 radical (unpaired) electrons. The molecule has 9 heteroatoms. The maximum atomic E-state index is 10.8. The zero-order valence-corrected chi connectivity index (χ0v) is 7.30. The molecule has 1 aromatic heterocycles. The zero-order valence-electron chi connectivity index (χ0n) is 7.30. The minimum absolute atomic E-state index is 0.180. The summed E-state index contributed by atoms with van der Waals surface area (Å²) in [7, 11) is 0. The molecule has 0 aliphatic carbocycles. The number of nitrogens with zero attached hydrogens (tertiary/aromatic N) is 4. The molecular formula is C6H8N4O5. The smallest absolute Gasteiger partial charge is 0.331 e. The van der Waals surface area contributed by atoms with E-state index in [-0.39, 0.29) is 5.82 Å². The molecule has 2 heterocycles. The van der Waals surface area contributed by atoms with Gasteiger partial charge in [-0.1, -0.05) is 0 Å². The molecule has 9 nitrogen and oxygen atoms in total. The van der Waals surface area contributed by atoms with E-state index in [1.54, 1.807) is 0 Å². The van der Waals surface area contributed by atoms with E-state index >= 15 is 0 Å². The van der Waals surface area contributed by atoms with Crippen LogP contribution in [0.1, 0.15) is 18.0 Å². The lowest BCUT2D eigenvalue weighted by Crippen LogP contribution is -2.48. The maximum Gasteiger partial charge on any atom is 0.331 e. The summed E-state index contributed by atoms with van der Waals surface area (Å²) >= 11 is 0. The third kappa shape index (κ3) is 1.28. The fourth-order valence-corrected chi connectivity index (χ4v) is 1.51. The van der Waals surface area contributed by atoms with Crippen LogP contribution in [0.15, 0.2) is 0 Å². The lowest BCUT2D eigenvalue weighted by atomic mass is 9.96. The Morgan fingerprint density at radius 3 is 2.53 bits per heavy atom. The molecule has 0 amide bonds. The summed E-state index contributed by atoms with van der Waals surface area (Å²) in [5.74, 6) is -1.57. The largest absolute Gasteiger partial charge is 0.480 e. The first-order valence-corrected chi connectivity index (χ1v) is 4.09. The van der Waals surface area contributed by atoms with Gasteiger partial charge in [-0.15, -0.1) is 5.10 Å². The number of aromatic nitrogens is 4. The Morgan fingerprint density at radius 1 is 1.27 bits per heavy atom. The van der Waals surface area contributed by atoms with E-state index in [4.69, 9.17) is 5.11 Å². The molecule has 0 saturated carbocycles. The minimum atomic E-state index is -1.66. The summed E-state index contributed by atoms with van der Waals surface area (Å²) in [6.07, 6.45) is -4.77. The van der Waals surface area contributed by atoms with Crippen molar-refractivity contribution < 1.29 is 25.2 Å².